The van der Waals surface area contributed by atoms with Crippen molar-refractivity contribution in [2.75, 3.05) is 31.1 Å². The Bertz CT molecular complexity index is 858. The summed E-state index contributed by atoms with van der Waals surface area (Å²) < 4.78 is 26.7. The zero-order valence-electron chi connectivity index (χ0n) is 13.5. The zero-order chi connectivity index (χ0) is 17.2. The molecule has 4 rings (SSSR count). The summed E-state index contributed by atoms with van der Waals surface area (Å²) in [4.78, 5) is 21.3. The maximum atomic E-state index is 12.9. The van der Waals surface area contributed by atoms with E-state index in [1.54, 1.807) is 12.4 Å². The van der Waals surface area contributed by atoms with Gasteiger partial charge in [-0.05, 0) is 12.1 Å². The molecule has 3 aromatic heterocycles. The first kappa shape index (κ1) is 15.8. The normalized spacial score (nSPS) is 16.0. The Labute approximate surface area is 143 Å². The predicted octanol–water partition coefficient (Wildman–Crippen LogP) is 1.94. The third kappa shape index (κ3) is 3.27. The molecular weight excluding hydrogens is 328 g/mol. The molecule has 7 nitrogen and oxygen atoms in total. The van der Waals surface area contributed by atoms with Crippen LogP contribution in [0.4, 0.5) is 14.6 Å². The average molecular weight is 345 g/mol. The minimum atomic E-state index is -2.55. The minimum absolute atomic E-state index is 0.391. The first-order chi connectivity index (χ1) is 12.2. The summed E-state index contributed by atoms with van der Waals surface area (Å²) in [5.74, 6) is 1.25. The Morgan fingerprint density at radius 3 is 2.56 bits per heavy atom. The van der Waals surface area contributed by atoms with E-state index < -0.39 is 6.55 Å². The zero-order valence-corrected chi connectivity index (χ0v) is 13.5. The Balaban J connectivity index is 1.41. The van der Waals surface area contributed by atoms with Gasteiger partial charge in [0, 0.05) is 51.0 Å². The molecule has 0 N–H and O–H groups in total. The van der Waals surface area contributed by atoms with Crippen molar-refractivity contribution in [3.8, 4) is 0 Å². The molecule has 3 aromatic rings. The van der Waals surface area contributed by atoms with E-state index in [4.69, 9.17) is 0 Å². The number of pyridine rings is 1. The molecule has 0 radical (unpaired) electrons. The molecule has 0 amide bonds. The van der Waals surface area contributed by atoms with Gasteiger partial charge in [-0.15, -0.1) is 0 Å². The average Bonchev–Trinajstić information content (AvgIpc) is 3.10. The molecular formula is C16H17F2N7. The fourth-order valence-corrected chi connectivity index (χ4v) is 3.00. The number of aromatic nitrogens is 5. The molecule has 4 heterocycles. The van der Waals surface area contributed by atoms with E-state index in [9.17, 15) is 8.78 Å². The topological polar surface area (TPSA) is 63.0 Å². The fraction of sp³-hybridized carbons (Fsp3) is 0.375. The standard InChI is InChI=1S/C16H17F2N7/c17-16(18)25-6-5-20-14(25)11-23-7-9-24(10-8-23)13-2-1-12-15(22-13)21-4-3-19-12/h1-6,16H,7-11H2. The first-order valence-electron chi connectivity index (χ1n) is 8.05. The van der Waals surface area contributed by atoms with Gasteiger partial charge in [0.05, 0.1) is 6.54 Å². The van der Waals surface area contributed by atoms with Gasteiger partial charge in [0.1, 0.15) is 17.2 Å². The van der Waals surface area contributed by atoms with Crippen LogP contribution in [0.3, 0.4) is 0 Å². The lowest BCUT2D eigenvalue weighted by Crippen LogP contribution is -2.46. The molecule has 0 unspecified atom stereocenters. The van der Waals surface area contributed by atoms with Gasteiger partial charge in [-0.3, -0.25) is 14.5 Å². The van der Waals surface area contributed by atoms with Crippen molar-refractivity contribution in [2.45, 2.75) is 13.1 Å². The van der Waals surface area contributed by atoms with E-state index in [1.807, 2.05) is 12.1 Å². The molecule has 0 bridgehead atoms. The lowest BCUT2D eigenvalue weighted by atomic mass is 10.3. The van der Waals surface area contributed by atoms with Crippen LogP contribution >= 0.6 is 0 Å². The number of alkyl halides is 2. The number of rotatable bonds is 4. The minimum Gasteiger partial charge on any atom is -0.354 e. The van der Waals surface area contributed by atoms with E-state index in [-0.39, 0.29) is 0 Å². The summed E-state index contributed by atoms with van der Waals surface area (Å²) >= 11 is 0. The first-order valence-corrected chi connectivity index (χ1v) is 8.05. The fourth-order valence-electron chi connectivity index (χ4n) is 3.00. The van der Waals surface area contributed by atoms with E-state index in [1.165, 1.54) is 12.4 Å². The van der Waals surface area contributed by atoms with Crippen molar-refractivity contribution >= 4 is 17.0 Å². The molecule has 1 saturated heterocycles. The van der Waals surface area contributed by atoms with E-state index in [0.717, 1.165) is 42.1 Å². The van der Waals surface area contributed by atoms with Crippen molar-refractivity contribution in [3.05, 3.63) is 42.7 Å². The Morgan fingerprint density at radius 2 is 1.76 bits per heavy atom. The summed E-state index contributed by atoms with van der Waals surface area (Å²) in [6.45, 7) is 0.929. The van der Waals surface area contributed by atoms with Crippen LogP contribution in [0.15, 0.2) is 36.9 Å². The van der Waals surface area contributed by atoms with Crippen molar-refractivity contribution in [2.24, 2.45) is 0 Å². The monoisotopic (exact) mass is 345 g/mol. The largest absolute Gasteiger partial charge is 0.354 e. The number of anilines is 1. The highest BCUT2D eigenvalue weighted by Gasteiger charge is 2.21. The number of halogens is 2. The summed E-state index contributed by atoms with van der Waals surface area (Å²) in [5.41, 5.74) is 1.39. The second-order valence-electron chi connectivity index (χ2n) is 5.86. The molecule has 130 valence electrons. The number of imidazole rings is 1. The van der Waals surface area contributed by atoms with Crippen LogP contribution in [0.1, 0.15) is 12.4 Å². The summed E-state index contributed by atoms with van der Waals surface area (Å²) in [5, 5.41) is 0. The molecule has 0 atom stereocenters. The molecule has 0 aliphatic carbocycles. The summed E-state index contributed by atoms with van der Waals surface area (Å²) in [7, 11) is 0. The number of hydrogen-bond acceptors (Lipinski definition) is 6. The Hall–Kier alpha value is -2.68. The highest BCUT2D eigenvalue weighted by molar-refractivity contribution is 5.71. The Morgan fingerprint density at radius 1 is 0.960 bits per heavy atom. The molecule has 9 heteroatoms. The van der Waals surface area contributed by atoms with Gasteiger partial charge in [0.2, 0.25) is 0 Å². The molecule has 1 aliphatic rings. The van der Waals surface area contributed by atoms with Crippen LogP contribution in [0.2, 0.25) is 0 Å². The van der Waals surface area contributed by atoms with Crippen LogP contribution < -0.4 is 4.90 Å². The maximum absolute atomic E-state index is 12.9. The molecule has 1 fully saturated rings. The van der Waals surface area contributed by atoms with Crippen molar-refractivity contribution in [1.82, 2.24) is 29.4 Å². The van der Waals surface area contributed by atoms with Crippen molar-refractivity contribution in [1.29, 1.82) is 0 Å². The highest BCUT2D eigenvalue weighted by atomic mass is 19.3. The predicted molar refractivity (Wildman–Crippen MR) is 88.3 cm³/mol. The molecule has 25 heavy (non-hydrogen) atoms. The van der Waals surface area contributed by atoms with E-state index in [2.05, 4.69) is 29.7 Å². The summed E-state index contributed by atoms with van der Waals surface area (Å²) in [6.07, 6.45) is 6.00. The number of piperazine rings is 1. The van der Waals surface area contributed by atoms with Crippen molar-refractivity contribution in [3.63, 3.8) is 0 Å². The van der Waals surface area contributed by atoms with Crippen LogP contribution in [0.25, 0.3) is 11.2 Å². The number of fused-ring (bicyclic) bond motifs is 1. The number of nitrogens with zero attached hydrogens (tertiary/aromatic N) is 7. The van der Waals surface area contributed by atoms with Gasteiger partial charge in [0.25, 0.3) is 0 Å². The maximum Gasteiger partial charge on any atom is 0.319 e. The molecule has 0 aromatic carbocycles. The van der Waals surface area contributed by atoms with Gasteiger partial charge < -0.3 is 4.90 Å². The van der Waals surface area contributed by atoms with Gasteiger partial charge in [-0.2, -0.15) is 8.78 Å². The lowest BCUT2D eigenvalue weighted by molar-refractivity contribution is 0.0637. The quantitative estimate of drug-likeness (QED) is 0.720. The van der Waals surface area contributed by atoms with Gasteiger partial charge in [0.15, 0.2) is 5.65 Å². The van der Waals surface area contributed by atoms with Crippen molar-refractivity contribution < 1.29 is 8.78 Å². The van der Waals surface area contributed by atoms with Gasteiger partial charge in [-0.25, -0.2) is 15.0 Å². The third-order valence-electron chi connectivity index (χ3n) is 4.34. The smallest absolute Gasteiger partial charge is 0.319 e. The molecule has 0 saturated carbocycles. The summed E-state index contributed by atoms with van der Waals surface area (Å²) in [6, 6.07) is 3.85. The second-order valence-corrected chi connectivity index (χ2v) is 5.86. The highest BCUT2D eigenvalue weighted by Crippen LogP contribution is 2.18. The lowest BCUT2D eigenvalue weighted by Gasteiger charge is -2.35. The van der Waals surface area contributed by atoms with Crippen LogP contribution in [0.5, 0.6) is 0 Å². The third-order valence-corrected chi connectivity index (χ3v) is 4.34. The number of hydrogen-bond donors (Lipinski definition) is 0. The SMILES string of the molecule is FC(F)n1ccnc1CN1CCN(c2ccc3nccnc3n2)CC1. The second kappa shape index (κ2) is 6.67. The Kier molecular flexibility index (Phi) is 4.22. The van der Waals surface area contributed by atoms with Gasteiger partial charge >= 0.3 is 6.55 Å². The molecule has 0 spiro atoms. The molecule has 1 aliphatic heterocycles. The van der Waals surface area contributed by atoms with Crippen LogP contribution in [-0.4, -0.2) is 55.6 Å². The van der Waals surface area contributed by atoms with Crippen LogP contribution in [-0.2, 0) is 6.54 Å². The van der Waals surface area contributed by atoms with E-state index in [0.29, 0.717) is 18.0 Å². The van der Waals surface area contributed by atoms with Crippen LogP contribution in [0, 0.1) is 0 Å². The van der Waals surface area contributed by atoms with E-state index >= 15 is 0 Å². The van der Waals surface area contributed by atoms with Gasteiger partial charge in [-0.1, -0.05) is 0 Å².